The van der Waals surface area contributed by atoms with Gasteiger partial charge in [0, 0.05) is 35.5 Å². The third-order valence-corrected chi connectivity index (χ3v) is 7.28. The molecule has 0 fully saturated rings. The maximum atomic E-state index is 10.1. The first-order chi connectivity index (χ1) is 17.0. The van der Waals surface area contributed by atoms with Crippen molar-refractivity contribution < 1.29 is 10.2 Å². The van der Waals surface area contributed by atoms with Crippen LogP contribution in [-0.4, -0.2) is 32.8 Å². The Labute approximate surface area is 207 Å². The number of H-pyrrole nitrogens is 1. The maximum Gasteiger partial charge on any atom is 0.0965 e. The van der Waals surface area contributed by atoms with Crippen molar-refractivity contribution in [3.63, 3.8) is 0 Å². The number of anilines is 1. The summed E-state index contributed by atoms with van der Waals surface area (Å²) in [5.41, 5.74) is 10.8. The molecule has 4 N–H and O–H groups in total. The van der Waals surface area contributed by atoms with Crippen molar-refractivity contribution in [2.75, 3.05) is 11.9 Å². The molecular weight excluding hydrogens is 434 g/mol. The Kier molecular flexibility index (Phi) is 6.89. The van der Waals surface area contributed by atoms with Gasteiger partial charge in [-0.1, -0.05) is 30.3 Å². The van der Waals surface area contributed by atoms with Crippen LogP contribution in [0.5, 0.6) is 0 Å². The summed E-state index contributed by atoms with van der Waals surface area (Å²) in [4.78, 5) is 7.86. The van der Waals surface area contributed by atoms with Crippen molar-refractivity contribution in [3.05, 3.63) is 93.9 Å². The van der Waals surface area contributed by atoms with Gasteiger partial charge >= 0.3 is 0 Å². The van der Waals surface area contributed by atoms with E-state index in [-0.39, 0.29) is 6.10 Å². The van der Waals surface area contributed by atoms with E-state index in [2.05, 4.69) is 70.9 Å². The van der Waals surface area contributed by atoms with Gasteiger partial charge in [0.1, 0.15) is 0 Å². The minimum atomic E-state index is -0.411. The molecule has 1 aliphatic rings. The first kappa shape index (κ1) is 23.6. The van der Waals surface area contributed by atoms with Crippen LogP contribution in [-0.2, 0) is 25.7 Å². The Bertz CT molecular complexity index is 1320. The lowest BCUT2D eigenvalue weighted by molar-refractivity contribution is 0.176. The predicted octanol–water partition coefficient (Wildman–Crippen LogP) is 5.41. The third-order valence-electron chi connectivity index (χ3n) is 7.28. The molecule has 1 aliphatic carbocycles. The van der Waals surface area contributed by atoms with Gasteiger partial charge < -0.3 is 20.5 Å². The van der Waals surface area contributed by atoms with Crippen molar-refractivity contribution in [2.45, 2.75) is 64.6 Å². The number of aromatic nitrogens is 2. The fourth-order valence-electron chi connectivity index (χ4n) is 5.35. The van der Waals surface area contributed by atoms with Gasteiger partial charge in [0.05, 0.1) is 17.9 Å². The molecule has 0 saturated heterocycles. The average Bonchev–Trinajstić information content (AvgIpc) is 3.44. The van der Waals surface area contributed by atoms with Crippen LogP contribution in [0.4, 0.5) is 5.69 Å². The molecule has 5 heteroatoms. The van der Waals surface area contributed by atoms with Crippen LogP contribution in [0.2, 0.25) is 0 Å². The number of para-hydroxylation sites is 1. The number of nitrogens with zero attached hydrogens (tertiary/aromatic N) is 1. The van der Waals surface area contributed by atoms with E-state index in [0.29, 0.717) is 0 Å². The standard InChI is InChI=1S/C30H35N3O2/c1-19-16-21(17-23-12-15-32-30-26(23)9-11-28(30)35)7-10-27(19)31-14-13-24-18-33-29-22(8-6-20(2)34)4-3-5-25(24)29/h3-5,7,10,12,15-16,18,20,28,31,33-35H,6,8-9,11,13-14,17H2,1-2H3. The lowest BCUT2D eigenvalue weighted by Gasteiger charge is -2.13. The van der Waals surface area contributed by atoms with Gasteiger partial charge in [0.25, 0.3) is 0 Å². The lowest BCUT2D eigenvalue weighted by Crippen LogP contribution is -2.06. The molecule has 0 spiro atoms. The van der Waals surface area contributed by atoms with Crippen LogP contribution in [0.15, 0.2) is 54.9 Å². The lowest BCUT2D eigenvalue weighted by atomic mass is 9.98. The first-order valence-corrected chi connectivity index (χ1v) is 12.7. The van der Waals surface area contributed by atoms with E-state index in [4.69, 9.17) is 0 Å². The van der Waals surface area contributed by atoms with Crippen LogP contribution >= 0.6 is 0 Å². The van der Waals surface area contributed by atoms with E-state index >= 15 is 0 Å². The van der Waals surface area contributed by atoms with Gasteiger partial charge in [-0.05, 0) is 97.9 Å². The van der Waals surface area contributed by atoms with Crippen molar-refractivity contribution in [2.24, 2.45) is 0 Å². The fourth-order valence-corrected chi connectivity index (χ4v) is 5.35. The molecule has 5 nitrogen and oxygen atoms in total. The monoisotopic (exact) mass is 469 g/mol. The van der Waals surface area contributed by atoms with Crippen molar-refractivity contribution in [1.82, 2.24) is 9.97 Å². The highest BCUT2D eigenvalue weighted by Gasteiger charge is 2.24. The normalized spacial score (nSPS) is 15.9. The number of aromatic amines is 1. The molecule has 2 heterocycles. The Morgan fingerprint density at radius 1 is 1.11 bits per heavy atom. The van der Waals surface area contributed by atoms with Gasteiger partial charge in [-0.25, -0.2) is 0 Å². The number of rotatable bonds is 9. The van der Waals surface area contributed by atoms with E-state index in [9.17, 15) is 10.2 Å². The largest absolute Gasteiger partial charge is 0.393 e. The Morgan fingerprint density at radius 3 is 2.83 bits per heavy atom. The fraction of sp³-hybridized carbons (Fsp3) is 0.367. The summed E-state index contributed by atoms with van der Waals surface area (Å²) < 4.78 is 0. The Hall–Kier alpha value is -3.15. The predicted molar refractivity (Wildman–Crippen MR) is 142 cm³/mol. The highest BCUT2D eigenvalue weighted by molar-refractivity contribution is 5.86. The average molecular weight is 470 g/mol. The van der Waals surface area contributed by atoms with E-state index in [1.54, 1.807) is 0 Å². The van der Waals surface area contributed by atoms with E-state index in [1.807, 2.05) is 13.1 Å². The third kappa shape index (κ3) is 5.12. The highest BCUT2D eigenvalue weighted by atomic mass is 16.3. The number of hydrogen-bond donors (Lipinski definition) is 4. The number of aliphatic hydroxyl groups is 2. The molecule has 35 heavy (non-hydrogen) atoms. The molecule has 2 atom stereocenters. The minimum Gasteiger partial charge on any atom is -0.393 e. The summed E-state index contributed by atoms with van der Waals surface area (Å²) in [6.07, 6.45) is 8.40. The molecule has 0 saturated carbocycles. The second-order valence-corrected chi connectivity index (χ2v) is 9.93. The van der Waals surface area contributed by atoms with Crippen molar-refractivity contribution in [1.29, 1.82) is 0 Å². The van der Waals surface area contributed by atoms with Gasteiger partial charge in [-0.2, -0.15) is 0 Å². The number of fused-ring (bicyclic) bond motifs is 2. The number of nitrogens with one attached hydrogen (secondary N) is 2. The van der Waals surface area contributed by atoms with Gasteiger partial charge in [0.15, 0.2) is 0 Å². The second kappa shape index (κ2) is 10.2. The summed E-state index contributed by atoms with van der Waals surface area (Å²) in [6, 6.07) is 15.2. The number of hydrogen-bond acceptors (Lipinski definition) is 4. The zero-order valence-corrected chi connectivity index (χ0v) is 20.6. The number of aliphatic hydroxyl groups excluding tert-OH is 2. The van der Waals surface area contributed by atoms with Crippen molar-refractivity contribution in [3.8, 4) is 0 Å². The number of benzene rings is 2. The van der Waals surface area contributed by atoms with Gasteiger partial charge in [-0.3, -0.25) is 4.98 Å². The van der Waals surface area contributed by atoms with Crippen LogP contribution < -0.4 is 5.32 Å². The molecule has 0 bridgehead atoms. The summed E-state index contributed by atoms with van der Waals surface area (Å²) in [5.74, 6) is 0. The number of aryl methyl sites for hydroxylation is 2. The number of pyridine rings is 1. The quantitative estimate of drug-likeness (QED) is 0.264. The van der Waals surface area contributed by atoms with Crippen LogP contribution in [0, 0.1) is 6.92 Å². The molecule has 0 aliphatic heterocycles. The highest BCUT2D eigenvalue weighted by Crippen LogP contribution is 2.32. The molecule has 182 valence electrons. The summed E-state index contributed by atoms with van der Waals surface area (Å²) in [6.45, 7) is 4.87. The zero-order valence-electron chi connectivity index (χ0n) is 20.6. The zero-order chi connectivity index (χ0) is 24.4. The molecule has 0 amide bonds. The SMILES string of the molecule is Cc1cc(Cc2ccnc3c2CCC3O)ccc1NCCc1c[nH]c2c(CCC(C)O)cccc12. The van der Waals surface area contributed by atoms with Crippen LogP contribution in [0.25, 0.3) is 10.9 Å². The van der Waals surface area contributed by atoms with Crippen LogP contribution in [0.1, 0.15) is 64.9 Å². The molecule has 4 aromatic rings. The van der Waals surface area contributed by atoms with Gasteiger partial charge in [-0.15, -0.1) is 0 Å². The summed E-state index contributed by atoms with van der Waals surface area (Å²) in [5, 5.41) is 24.7. The van der Waals surface area contributed by atoms with E-state index in [1.165, 1.54) is 50.0 Å². The smallest absolute Gasteiger partial charge is 0.0965 e. The second-order valence-electron chi connectivity index (χ2n) is 9.93. The summed E-state index contributed by atoms with van der Waals surface area (Å²) >= 11 is 0. The molecule has 0 radical (unpaired) electrons. The molecule has 2 aromatic carbocycles. The van der Waals surface area contributed by atoms with Crippen LogP contribution in [0.3, 0.4) is 0 Å². The Balaban J connectivity index is 1.22. The maximum absolute atomic E-state index is 10.1. The molecule has 2 unspecified atom stereocenters. The van der Waals surface area contributed by atoms with Crippen molar-refractivity contribution >= 4 is 16.6 Å². The minimum absolute atomic E-state index is 0.281. The van der Waals surface area contributed by atoms with Gasteiger partial charge in [0.2, 0.25) is 0 Å². The molecule has 5 rings (SSSR count). The topological polar surface area (TPSA) is 81.2 Å². The summed E-state index contributed by atoms with van der Waals surface area (Å²) in [7, 11) is 0. The van der Waals surface area contributed by atoms with E-state index in [0.717, 1.165) is 50.8 Å². The van der Waals surface area contributed by atoms with E-state index < -0.39 is 6.10 Å². The molecule has 2 aromatic heterocycles. The molecular formula is C30H35N3O2. The first-order valence-electron chi connectivity index (χ1n) is 12.7. The Morgan fingerprint density at radius 2 is 2.00 bits per heavy atom.